The Bertz CT molecular complexity index is 730. The van der Waals surface area contributed by atoms with Crippen LogP contribution < -0.4 is 20.9 Å². The standard InChI is InChI=1S/C17H21N3O2/c1-20-16-10-12(21-8-6-18)2-4-14(16)15-5-3-13(11-17(15)20)22-9-7-19/h2-5,10-11H,6-9,18-19H2,1H3. The molecule has 3 rings (SSSR count). The van der Waals surface area contributed by atoms with Crippen LogP contribution >= 0.6 is 0 Å². The van der Waals surface area contributed by atoms with Crippen LogP contribution in [0.25, 0.3) is 21.8 Å². The fraction of sp³-hybridized carbons (Fsp3) is 0.294. The van der Waals surface area contributed by atoms with Crippen LogP contribution in [-0.4, -0.2) is 30.9 Å². The first-order chi connectivity index (χ1) is 10.7. The summed E-state index contributed by atoms with van der Waals surface area (Å²) >= 11 is 0. The van der Waals surface area contributed by atoms with E-state index in [1.54, 1.807) is 0 Å². The number of nitrogens with two attached hydrogens (primary N) is 2. The van der Waals surface area contributed by atoms with Gasteiger partial charge in [-0.25, -0.2) is 0 Å². The number of hydrogen-bond acceptors (Lipinski definition) is 4. The van der Waals surface area contributed by atoms with Gasteiger partial charge < -0.3 is 25.5 Å². The summed E-state index contributed by atoms with van der Waals surface area (Å²) in [7, 11) is 2.05. The zero-order valence-corrected chi connectivity index (χ0v) is 12.7. The number of fused-ring (bicyclic) bond motifs is 3. The van der Waals surface area contributed by atoms with Gasteiger partial charge in [0, 0.05) is 43.0 Å². The number of aromatic nitrogens is 1. The summed E-state index contributed by atoms with van der Waals surface area (Å²) in [4.78, 5) is 0. The summed E-state index contributed by atoms with van der Waals surface area (Å²) in [5.74, 6) is 1.67. The van der Waals surface area contributed by atoms with Gasteiger partial charge in [0.25, 0.3) is 0 Å². The van der Waals surface area contributed by atoms with Crippen LogP contribution in [0, 0.1) is 0 Å². The van der Waals surface area contributed by atoms with Crippen molar-refractivity contribution in [2.24, 2.45) is 18.5 Å². The Labute approximate surface area is 129 Å². The van der Waals surface area contributed by atoms with Crippen molar-refractivity contribution in [2.45, 2.75) is 0 Å². The van der Waals surface area contributed by atoms with Crippen molar-refractivity contribution >= 4 is 21.8 Å². The van der Waals surface area contributed by atoms with Crippen molar-refractivity contribution < 1.29 is 9.47 Å². The van der Waals surface area contributed by atoms with Gasteiger partial charge in [-0.1, -0.05) is 0 Å². The average Bonchev–Trinajstić information content (AvgIpc) is 2.83. The quantitative estimate of drug-likeness (QED) is 0.730. The highest BCUT2D eigenvalue weighted by atomic mass is 16.5. The van der Waals surface area contributed by atoms with E-state index in [9.17, 15) is 0 Å². The van der Waals surface area contributed by atoms with Gasteiger partial charge >= 0.3 is 0 Å². The summed E-state index contributed by atoms with van der Waals surface area (Å²) in [6.07, 6.45) is 0. The van der Waals surface area contributed by atoms with E-state index in [4.69, 9.17) is 20.9 Å². The van der Waals surface area contributed by atoms with Gasteiger partial charge in [0.15, 0.2) is 0 Å². The van der Waals surface area contributed by atoms with E-state index in [0.717, 1.165) is 22.5 Å². The van der Waals surface area contributed by atoms with Crippen molar-refractivity contribution in [3.8, 4) is 11.5 Å². The first-order valence-electron chi connectivity index (χ1n) is 7.42. The number of hydrogen-bond donors (Lipinski definition) is 2. The Morgan fingerprint density at radius 3 is 1.68 bits per heavy atom. The Morgan fingerprint density at radius 1 is 0.818 bits per heavy atom. The number of rotatable bonds is 6. The fourth-order valence-corrected chi connectivity index (χ4v) is 2.70. The molecule has 0 saturated carbocycles. The molecule has 0 bridgehead atoms. The molecular formula is C17H21N3O2. The van der Waals surface area contributed by atoms with Gasteiger partial charge in [-0.05, 0) is 24.3 Å². The third-order valence-electron chi connectivity index (χ3n) is 3.72. The smallest absolute Gasteiger partial charge is 0.121 e. The highest BCUT2D eigenvalue weighted by Crippen LogP contribution is 2.32. The molecule has 0 spiro atoms. The molecule has 0 radical (unpaired) electrons. The summed E-state index contributed by atoms with van der Waals surface area (Å²) < 4.78 is 13.4. The molecule has 22 heavy (non-hydrogen) atoms. The Kier molecular flexibility index (Phi) is 4.18. The number of nitrogens with zero attached hydrogens (tertiary/aromatic N) is 1. The van der Waals surface area contributed by atoms with Gasteiger partial charge in [-0.15, -0.1) is 0 Å². The van der Waals surface area contributed by atoms with E-state index in [1.165, 1.54) is 10.8 Å². The van der Waals surface area contributed by atoms with E-state index < -0.39 is 0 Å². The van der Waals surface area contributed by atoms with Gasteiger partial charge in [-0.2, -0.15) is 0 Å². The summed E-state index contributed by atoms with van der Waals surface area (Å²) in [6.45, 7) is 2.06. The lowest BCUT2D eigenvalue weighted by Crippen LogP contribution is -2.10. The second-order valence-corrected chi connectivity index (χ2v) is 5.19. The topological polar surface area (TPSA) is 75.4 Å². The minimum Gasteiger partial charge on any atom is -0.492 e. The van der Waals surface area contributed by atoms with Gasteiger partial charge in [0.1, 0.15) is 24.7 Å². The van der Waals surface area contributed by atoms with Crippen molar-refractivity contribution in [2.75, 3.05) is 26.3 Å². The molecule has 5 nitrogen and oxygen atoms in total. The molecule has 0 amide bonds. The van der Waals surface area contributed by atoms with Crippen LogP contribution in [0.15, 0.2) is 36.4 Å². The van der Waals surface area contributed by atoms with E-state index >= 15 is 0 Å². The Balaban J connectivity index is 2.07. The normalized spacial score (nSPS) is 11.2. The maximum absolute atomic E-state index is 5.61. The molecule has 0 aliphatic rings. The highest BCUT2D eigenvalue weighted by Gasteiger charge is 2.10. The second kappa shape index (κ2) is 6.25. The number of benzene rings is 2. The van der Waals surface area contributed by atoms with E-state index in [1.807, 2.05) is 31.3 Å². The Hall–Kier alpha value is -2.24. The van der Waals surface area contributed by atoms with Crippen LogP contribution in [0.1, 0.15) is 0 Å². The van der Waals surface area contributed by atoms with Gasteiger partial charge in [0.05, 0.1) is 11.0 Å². The molecule has 0 aliphatic heterocycles. The summed E-state index contributed by atoms with van der Waals surface area (Å²) in [5.41, 5.74) is 13.2. The zero-order chi connectivity index (χ0) is 15.5. The molecule has 1 aromatic heterocycles. The minimum absolute atomic E-state index is 0.509. The van der Waals surface area contributed by atoms with Crippen molar-refractivity contribution in [1.29, 1.82) is 0 Å². The maximum atomic E-state index is 5.61. The van der Waals surface area contributed by atoms with Gasteiger partial charge in [0.2, 0.25) is 0 Å². The second-order valence-electron chi connectivity index (χ2n) is 5.19. The van der Waals surface area contributed by atoms with Crippen LogP contribution in [0.4, 0.5) is 0 Å². The minimum atomic E-state index is 0.509. The molecule has 5 heteroatoms. The van der Waals surface area contributed by atoms with Crippen molar-refractivity contribution in [1.82, 2.24) is 4.57 Å². The molecule has 0 aliphatic carbocycles. The zero-order valence-electron chi connectivity index (χ0n) is 12.7. The molecular weight excluding hydrogens is 278 g/mol. The van der Waals surface area contributed by atoms with E-state index in [0.29, 0.717) is 26.3 Å². The Morgan fingerprint density at radius 2 is 1.27 bits per heavy atom. The number of ether oxygens (including phenoxy) is 2. The predicted molar refractivity (Wildman–Crippen MR) is 89.5 cm³/mol. The lowest BCUT2D eigenvalue weighted by atomic mass is 10.1. The first-order valence-corrected chi connectivity index (χ1v) is 7.42. The first kappa shape index (κ1) is 14.7. The van der Waals surface area contributed by atoms with Crippen LogP contribution in [-0.2, 0) is 7.05 Å². The fourth-order valence-electron chi connectivity index (χ4n) is 2.70. The van der Waals surface area contributed by atoms with Crippen LogP contribution in [0.2, 0.25) is 0 Å². The van der Waals surface area contributed by atoms with Crippen molar-refractivity contribution in [3.05, 3.63) is 36.4 Å². The van der Waals surface area contributed by atoms with Crippen LogP contribution in [0.5, 0.6) is 11.5 Å². The molecule has 116 valence electrons. The molecule has 0 fully saturated rings. The van der Waals surface area contributed by atoms with E-state index in [-0.39, 0.29) is 0 Å². The lowest BCUT2D eigenvalue weighted by molar-refractivity contribution is 0.328. The largest absolute Gasteiger partial charge is 0.492 e. The molecule has 0 atom stereocenters. The highest BCUT2D eigenvalue weighted by molar-refractivity contribution is 6.08. The molecule has 3 aromatic rings. The molecule has 4 N–H and O–H groups in total. The maximum Gasteiger partial charge on any atom is 0.121 e. The van der Waals surface area contributed by atoms with Crippen LogP contribution in [0.3, 0.4) is 0 Å². The van der Waals surface area contributed by atoms with Gasteiger partial charge in [-0.3, -0.25) is 0 Å². The molecule has 1 heterocycles. The third-order valence-corrected chi connectivity index (χ3v) is 3.72. The summed E-state index contributed by atoms with van der Waals surface area (Å²) in [5, 5.41) is 2.39. The van der Waals surface area contributed by atoms with Crippen molar-refractivity contribution in [3.63, 3.8) is 0 Å². The molecule has 0 saturated heterocycles. The van der Waals surface area contributed by atoms with E-state index in [2.05, 4.69) is 16.7 Å². The number of aryl methyl sites for hydroxylation is 1. The monoisotopic (exact) mass is 299 g/mol. The SMILES string of the molecule is Cn1c2cc(OCCN)ccc2c2ccc(OCCN)cc21. The average molecular weight is 299 g/mol. The predicted octanol–water partition coefficient (Wildman–Crippen LogP) is 2.01. The third kappa shape index (κ3) is 2.61. The summed E-state index contributed by atoms with van der Waals surface area (Å²) in [6, 6.07) is 12.2. The lowest BCUT2D eigenvalue weighted by Gasteiger charge is -2.05. The molecule has 0 unspecified atom stereocenters. The molecule has 2 aromatic carbocycles.